The summed E-state index contributed by atoms with van der Waals surface area (Å²) in [5, 5.41) is 3.54. The Kier molecular flexibility index (Phi) is 4.83. The molecule has 0 amide bonds. The molecule has 3 nitrogen and oxygen atoms in total. The number of nitrogens with zero attached hydrogens (tertiary/aromatic N) is 1. The molecule has 17 heavy (non-hydrogen) atoms. The maximum Gasteiger partial charge on any atom is 0.0707 e. The molecule has 0 radical (unpaired) electrons. The molecule has 2 rings (SSSR count). The second-order valence-corrected chi connectivity index (χ2v) is 6.14. The zero-order valence-corrected chi connectivity index (χ0v) is 11.5. The van der Waals surface area contributed by atoms with Crippen molar-refractivity contribution in [3.63, 3.8) is 0 Å². The van der Waals surface area contributed by atoms with Crippen LogP contribution in [0.1, 0.15) is 46.0 Å². The molecule has 0 saturated carbocycles. The summed E-state index contributed by atoms with van der Waals surface area (Å²) in [6.07, 6.45) is 6.93. The van der Waals surface area contributed by atoms with E-state index in [1.165, 1.54) is 51.7 Å². The molecule has 0 bridgehead atoms. The van der Waals surface area contributed by atoms with E-state index in [4.69, 9.17) is 4.74 Å². The van der Waals surface area contributed by atoms with Crippen LogP contribution in [-0.4, -0.2) is 49.3 Å². The molecule has 0 aromatic carbocycles. The Morgan fingerprint density at radius 3 is 2.71 bits per heavy atom. The van der Waals surface area contributed by atoms with Gasteiger partial charge in [0.1, 0.15) is 0 Å². The number of rotatable bonds is 6. The van der Waals surface area contributed by atoms with Gasteiger partial charge in [0.15, 0.2) is 0 Å². The zero-order valence-electron chi connectivity index (χ0n) is 11.5. The van der Waals surface area contributed by atoms with Gasteiger partial charge in [-0.05, 0) is 72.1 Å². The SMILES string of the molecule is CC1(C)CCC(CNCCCN2CCCC2)O1. The Bertz CT molecular complexity index is 224. The van der Waals surface area contributed by atoms with E-state index in [0.717, 1.165) is 13.1 Å². The topological polar surface area (TPSA) is 24.5 Å². The van der Waals surface area contributed by atoms with Crippen molar-refractivity contribution in [3.05, 3.63) is 0 Å². The number of nitrogens with one attached hydrogen (secondary N) is 1. The van der Waals surface area contributed by atoms with Crippen molar-refractivity contribution < 1.29 is 4.74 Å². The third-order valence-corrected chi connectivity index (χ3v) is 3.95. The van der Waals surface area contributed by atoms with Crippen LogP contribution < -0.4 is 5.32 Å². The van der Waals surface area contributed by atoms with Crippen LogP contribution in [0.5, 0.6) is 0 Å². The highest BCUT2D eigenvalue weighted by Gasteiger charge is 2.30. The van der Waals surface area contributed by atoms with E-state index in [1.54, 1.807) is 0 Å². The lowest BCUT2D eigenvalue weighted by molar-refractivity contribution is -0.0141. The first kappa shape index (κ1) is 13.3. The monoisotopic (exact) mass is 240 g/mol. The number of hydrogen-bond donors (Lipinski definition) is 1. The summed E-state index contributed by atoms with van der Waals surface area (Å²) >= 11 is 0. The van der Waals surface area contributed by atoms with Crippen molar-refractivity contribution >= 4 is 0 Å². The molecule has 2 aliphatic rings. The van der Waals surface area contributed by atoms with Crippen molar-refractivity contribution in [1.29, 1.82) is 0 Å². The van der Waals surface area contributed by atoms with E-state index in [9.17, 15) is 0 Å². The lowest BCUT2D eigenvalue weighted by Gasteiger charge is -2.20. The fourth-order valence-corrected chi connectivity index (χ4v) is 2.92. The number of hydrogen-bond acceptors (Lipinski definition) is 3. The minimum atomic E-state index is 0.113. The normalized spacial score (nSPS) is 28.9. The fourth-order valence-electron chi connectivity index (χ4n) is 2.92. The molecule has 0 aliphatic carbocycles. The molecule has 0 aromatic rings. The van der Waals surface area contributed by atoms with Crippen LogP contribution in [0.25, 0.3) is 0 Å². The average molecular weight is 240 g/mol. The highest BCUT2D eigenvalue weighted by atomic mass is 16.5. The Balaban J connectivity index is 1.46. The van der Waals surface area contributed by atoms with Crippen molar-refractivity contribution in [2.45, 2.75) is 57.7 Å². The van der Waals surface area contributed by atoms with Gasteiger partial charge in [-0.1, -0.05) is 0 Å². The van der Waals surface area contributed by atoms with E-state index < -0.39 is 0 Å². The molecule has 3 heteroatoms. The maximum absolute atomic E-state index is 5.96. The molecular weight excluding hydrogens is 212 g/mol. The summed E-state index contributed by atoms with van der Waals surface area (Å²) in [7, 11) is 0. The lowest BCUT2D eigenvalue weighted by Crippen LogP contribution is -2.31. The summed E-state index contributed by atoms with van der Waals surface area (Å²) in [4.78, 5) is 2.58. The molecular formula is C14H28N2O. The largest absolute Gasteiger partial charge is 0.371 e. The average Bonchev–Trinajstić information content (AvgIpc) is 2.88. The summed E-state index contributed by atoms with van der Waals surface area (Å²) in [6, 6.07) is 0. The highest BCUT2D eigenvalue weighted by molar-refractivity contribution is 4.81. The zero-order chi connectivity index (χ0) is 12.1. The van der Waals surface area contributed by atoms with Crippen molar-refractivity contribution in [1.82, 2.24) is 10.2 Å². The van der Waals surface area contributed by atoms with Gasteiger partial charge >= 0.3 is 0 Å². The van der Waals surface area contributed by atoms with Gasteiger partial charge in [0, 0.05) is 6.54 Å². The van der Waals surface area contributed by atoms with Crippen molar-refractivity contribution in [2.75, 3.05) is 32.7 Å². The molecule has 0 spiro atoms. The van der Waals surface area contributed by atoms with Crippen LogP contribution in [0.15, 0.2) is 0 Å². The van der Waals surface area contributed by atoms with E-state index in [-0.39, 0.29) is 5.60 Å². The van der Waals surface area contributed by atoms with Gasteiger partial charge in [-0.3, -0.25) is 0 Å². The summed E-state index contributed by atoms with van der Waals surface area (Å²) < 4.78 is 5.96. The lowest BCUT2D eigenvalue weighted by atomic mass is 10.1. The third-order valence-electron chi connectivity index (χ3n) is 3.95. The second kappa shape index (κ2) is 6.17. The minimum Gasteiger partial charge on any atom is -0.371 e. The van der Waals surface area contributed by atoms with Crippen LogP contribution in [0, 0.1) is 0 Å². The molecule has 1 unspecified atom stereocenters. The maximum atomic E-state index is 5.96. The molecule has 0 aromatic heterocycles. The standard InChI is InChI=1S/C14H28N2O/c1-14(2)7-6-13(17-14)12-15-8-5-11-16-9-3-4-10-16/h13,15H,3-12H2,1-2H3. The molecule has 2 fully saturated rings. The molecule has 100 valence electrons. The summed E-state index contributed by atoms with van der Waals surface area (Å²) in [5.74, 6) is 0. The van der Waals surface area contributed by atoms with E-state index in [0.29, 0.717) is 6.10 Å². The van der Waals surface area contributed by atoms with Gasteiger partial charge in [0.2, 0.25) is 0 Å². The molecule has 1 atom stereocenters. The van der Waals surface area contributed by atoms with Gasteiger partial charge in [-0.2, -0.15) is 0 Å². The van der Waals surface area contributed by atoms with Crippen LogP contribution in [-0.2, 0) is 4.74 Å². The second-order valence-electron chi connectivity index (χ2n) is 6.14. The van der Waals surface area contributed by atoms with Crippen LogP contribution >= 0.6 is 0 Å². The Morgan fingerprint density at radius 2 is 2.06 bits per heavy atom. The predicted octanol–water partition coefficient (Wildman–Crippen LogP) is 2.02. The van der Waals surface area contributed by atoms with Gasteiger partial charge in [-0.15, -0.1) is 0 Å². The first-order valence-corrected chi connectivity index (χ1v) is 7.27. The van der Waals surface area contributed by atoms with Gasteiger partial charge < -0.3 is 15.0 Å². The van der Waals surface area contributed by atoms with Crippen LogP contribution in [0.3, 0.4) is 0 Å². The van der Waals surface area contributed by atoms with Crippen LogP contribution in [0.2, 0.25) is 0 Å². The highest BCUT2D eigenvalue weighted by Crippen LogP contribution is 2.28. The van der Waals surface area contributed by atoms with E-state index in [2.05, 4.69) is 24.1 Å². The third kappa shape index (κ3) is 4.57. The molecule has 1 N–H and O–H groups in total. The quantitative estimate of drug-likeness (QED) is 0.719. The predicted molar refractivity (Wildman–Crippen MR) is 71.3 cm³/mol. The van der Waals surface area contributed by atoms with E-state index in [1.807, 2.05) is 0 Å². The van der Waals surface area contributed by atoms with Gasteiger partial charge in [0.25, 0.3) is 0 Å². The summed E-state index contributed by atoms with van der Waals surface area (Å²) in [5.41, 5.74) is 0.113. The first-order valence-electron chi connectivity index (χ1n) is 7.27. The summed E-state index contributed by atoms with van der Waals surface area (Å²) in [6.45, 7) is 10.5. The number of likely N-dealkylation sites (tertiary alicyclic amines) is 1. The fraction of sp³-hybridized carbons (Fsp3) is 1.00. The first-order chi connectivity index (χ1) is 8.16. The number of ether oxygens (including phenoxy) is 1. The molecule has 2 aliphatic heterocycles. The Morgan fingerprint density at radius 1 is 1.29 bits per heavy atom. The van der Waals surface area contributed by atoms with Crippen molar-refractivity contribution in [3.8, 4) is 0 Å². The van der Waals surface area contributed by atoms with Gasteiger partial charge in [-0.25, -0.2) is 0 Å². The van der Waals surface area contributed by atoms with Gasteiger partial charge in [0.05, 0.1) is 11.7 Å². The molecule has 2 saturated heterocycles. The Hall–Kier alpha value is -0.120. The smallest absolute Gasteiger partial charge is 0.0707 e. The molecule has 2 heterocycles. The van der Waals surface area contributed by atoms with Crippen LogP contribution in [0.4, 0.5) is 0 Å². The Labute approximate surface area is 106 Å². The minimum absolute atomic E-state index is 0.113. The van der Waals surface area contributed by atoms with E-state index >= 15 is 0 Å². The van der Waals surface area contributed by atoms with Crippen molar-refractivity contribution in [2.24, 2.45) is 0 Å².